The fraction of sp³-hybridized carbons (Fsp3) is 0.188. The molecule has 0 aliphatic carbocycles. The molecule has 6 rings (SSSR count). The van der Waals surface area contributed by atoms with Crippen molar-refractivity contribution in [2.75, 3.05) is 0 Å². The van der Waals surface area contributed by atoms with Crippen LogP contribution in [-0.2, 0) is 6.54 Å². The van der Waals surface area contributed by atoms with Crippen molar-refractivity contribution in [2.24, 2.45) is 0 Å². The van der Waals surface area contributed by atoms with Gasteiger partial charge in [0.25, 0.3) is 0 Å². The van der Waals surface area contributed by atoms with Crippen molar-refractivity contribution in [3.8, 4) is 0 Å². The maximum absolute atomic E-state index is 14.2. The molecular formula is C32H28N2O. The maximum Gasteiger partial charge on any atom is 0.197 e. The first kappa shape index (κ1) is 21.5. The number of nitrogens with zero attached hydrogens (tertiary/aromatic N) is 2. The molecule has 0 bridgehead atoms. The molecule has 3 nitrogen and oxygen atoms in total. The number of fused-ring (bicyclic) bond motifs is 5. The summed E-state index contributed by atoms with van der Waals surface area (Å²) in [6.45, 7) is 3.12. The van der Waals surface area contributed by atoms with Crippen molar-refractivity contribution in [1.82, 2.24) is 9.55 Å². The van der Waals surface area contributed by atoms with E-state index in [2.05, 4.69) is 54.0 Å². The molecule has 0 aliphatic heterocycles. The molecule has 35 heavy (non-hydrogen) atoms. The third kappa shape index (κ3) is 3.68. The highest BCUT2D eigenvalue weighted by atomic mass is 16.1. The van der Waals surface area contributed by atoms with E-state index >= 15 is 0 Å². The number of hydrogen-bond acceptors (Lipinski definition) is 2. The first-order chi connectivity index (χ1) is 17.3. The summed E-state index contributed by atoms with van der Waals surface area (Å²) < 4.78 is 2.37. The average Bonchev–Trinajstić information content (AvgIpc) is 3.21. The molecule has 0 aliphatic rings. The minimum Gasteiger partial charge on any atom is -0.340 e. The second-order valence-corrected chi connectivity index (χ2v) is 9.33. The first-order valence-corrected chi connectivity index (χ1v) is 12.6. The first-order valence-electron chi connectivity index (χ1n) is 12.6. The second kappa shape index (κ2) is 8.99. The van der Waals surface area contributed by atoms with Crippen LogP contribution in [0.2, 0.25) is 0 Å². The summed E-state index contributed by atoms with van der Waals surface area (Å²) >= 11 is 0. The summed E-state index contributed by atoms with van der Waals surface area (Å²) in [5.74, 6) is 0.0293. The zero-order valence-electron chi connectivity index (χ0n) is 20.0. The van der Waals surface area contributed by atoms with E-state index in [4.69, 9.17) is 4.98 Å². The van der Waals surface area contributed by atoms with Gasteiger partial charge in [0.05, 0.1) is 22.1 Å². The van der Waals surface area contributed by atoms with Crippen LogP contribution in [-0.4, -0.2) is 15.3 Å². The number of rotatable bonds is 7. The van der Waals surface area contributed by atoms with Gasteiger partial charge < -0.3 is 4.57 Å². The van der Waals surface area contributed by atoms with Gasteiger partial charge in [-0.25, -0.2) is 4.98 Å². The smallest absolute Gasteiger partial charge is 0.197 e. The Hall–Kier alpha value is -3.98. The van der Waals surface area contributed by atoms with E-state index in [0.29, 0.717) is 11.1 Å². The highest BCUT2D eigenvalue weighted by Gasteiger charge is 2.23. The molecule has 6 aromatic rings. The summed E-state index contributed by atoms with van der Waals surface area (Å²) in [5.41, 5.74) is 5.28. The Morgan fingerprint density at radius 1 is 0.771 bits per heavy atom. The molecule has 3 heteroatoms. The molecule has 0 fully saturated rings. The molecule has 0 saturated carbocycles. The molecule has 0 N–H and O–H groups in total. The van der Waals surface area contributed by atoms with E-state index < -0.39 is 0 Å². The van der Waals surface area contributed by atoms with Crippen molar-refractivity contribution in [1.29, 1.82) is 0 Å². The lowest BCUT2D eigenvalue weighted by atomic mass is 9.96. The quantitative estimate of drug-likeness (QED) is 0.138. The molecule has 172 valence electrons. The number of carbonyl (C=O) groups excluding carboxylic acids is 1. The summed E-state index contributed by atoms with van der Waals surface area (Å²) in [4.78, 5) is 19.2. The summed E-state index contributed by atoms with van der Waals surface area (Å²) in [6.07, 6.45) is 4.70. The third-order valence-corrected chi connectivity index (χ3v) is 7.04. The predicted molar refractivity (Wildman–Crippen MR) is 146 cm³/mol. The Morgan fingerprint density at radius 2 is 1.54 bits per heavy atom. The van der Waals surface area contributed by atoms with Gasteiger partial charge in [0.1, 0.15) is 0 Å². The summed E-state index contributed by atoms with van der Waals surface area (Å²) in [5, 5.41) is 4.40. The number of hydrogen-bond donors (Lipinski definition) is 0. The minimum atomic E-state index is 0.0293. The van der Waals surface area contributed by atoms with Gasteiger partial charge in [0.15, 0.2) is 5.78 Å². The van der Waals surface area contributed by atoms with Gasteiger partial charge in [-0.3, -0.25) is 4.79 Å². The number of para-hydroxylation sites is 2. The number of aryl methyl sites for hydroxylation is 1. The molecule has 2 heterocycles. The highest BCUT2D eigenvalue weighted by Crippen LogP contribution is 2.37. The van der Waals surface area contributed by atoms with Crippen LogP contribution in [0, 0.1) is 0 Å². The fourth-order valence-corrected chi connectivity index (χ4v) is 5.33. The van der Waals surface area contributed by atoms with E-state index in [1.807, 2.05) is 48.5 Å². The van der Waals surface area contributed by atoms with E-state index in [-0.39, 0.29) is 5.78 Å². The number of pyridine rings is 1. The zero-order chi connectivity index (χ0) is 23.8. The van der Waals surface area contributed by atoms with Crippen LogP contribution in [0.1, 0.15) is 48.5 Å². The number of carbonyl (C=O) groups is 1. The lowest BCUT2D eigenvalue weighted by Gasteiger charge is -2.14. The highest BCUT2D eigenvalue weighted by molar-refractivity contribution is 6.27. The van der Waals surface area contributed by atoms with Crippen LogP contribution < -0.4 is 0 Å². The summed E-state index contributed by atoms with van der Waals surface area (Å²) in [7, 11) is 0. The molecule has 2 aromatic heterocycles. The van der Waals surface area contributed by atoms with Gasteiger partial charge in [-0.05, 0) is 30.7 Å². The van der Waals surface area contributed by atoms with Gasteiger partial charge in [-0.1, -0.05) is 92.9 Å². The Bertz CT molecular complexity index is 1700. The third-order valence-electron chi connectivity index (χ3n) is 7.04. The number of ketones is 1. The lowest BCUT2D eigenvalue weighted by Crippen LogP contribution is -2.08. The standard InChI is InChI=1S/C32H28N2O/c1-2-3-4-12-19-34-28-18-11-9-16-25(28)26-21-24-20-23-15-8-10-17-27(23)33-30(24)29(31(26)34)32(35)22-13-6-5-7-14-22/h5-11,13-18,20-21H,2-4,12,19H2,1H3. The summed E-state index contributed by atoms with van der Waals surface area (Å²) in [6, 6.07) is 30.7. The number of unbranched alkanes of at least 4 members (excludes halogenated alkanes) is 3. The molecule has 0 saturated heterocycles. The van der Waals surface area contributed by atoms with E-state index in [9.17, 15) is 4.79 Å². The molecule has 0 unspecified atom stereocenters. The zero-order valence-corrected chi connectivity index (χ0v) is 20.0. The van der Waals surface area contributed by atoms with Crippen LogP contribution in [0.5, 0.6) is 0 Å². The lowest BCUT2D eigenvalue weighted by molar-refractivity contribution is 0.104. The SMILES string of the molecule is CCCCCCn1c2ccccc2c2cc3cc4ccccc4nc3c(C(=O)c3ccccc3)c21. The Labute approximate surface area is 205 Å². The Kier molecular flexibility index (Phi) is 5.54. The van der Waals surface area contributed by atoms with Crippen LogP contribution in [0.3, 0.4) is 0 Å². The van der Waals surface area contributed by atoms with Crippen LogP contribution in [0.4, 0.5) is 0 Å². The maximum atomic E-state index is 14.2. The second-order valence-electron chi connectivity index (χ2n) is 9.33. The fourth-order valence-electron chi connectivity index (χ4n) is 5.33. The van der Waals surface area contributed by atoms with Crippen molar-refractivity contribution >= 4 is 49.4 Å². The normalized spacial score (nSPS) is 11.7. The topological polar surface area (TPSA) is 34.9 Å². The molecule has 0 radical (unpaired) electrons. The van der Waals surface area contributed by atoms with Crippen LogP contribution in [0.25, 0.3) is 43.6 Å². The number of aromatic nitrogens is 2. The molecule has 0 spiro atoms. The van der Waals surface area contributed by atoms with Crippen molar-refractivity contribution in [3.63, 3.8) is 0 Å². The van der Waals surface area contributed by atoms with E-state index in [1.54, 1.807) is 0 Å². The van der Waals surface area contributed by atoms with Crippen molar-refractivity contribution in [2.45, 2.75) is 39.2 Å². The van der Waals surface area contributed by atoms with E-state index in [0.717, 1.165) is 45.7 Å². The van der Waals surface area contributed by atoms with Gasteiger partial charge in [-0.15, -0.1) is 0 Å². The van der Waals surface area contributed by atoms with Crippen LogP contribution in [0.15, 0.2) is 91.0 Å². The van der Waals surface area contributed by atoms with Crippen molar-refractivity contribution in [3.05, 3.63) is 102 Å². The predicted octanol–water partition coefficient (Wildman–Crippen LogP) is 8.31. The van der Waals surface area contributed by atoms with Gasteiger partial charge in [-0.2, -0.15) is 0 Å². The van der Waals surface area contributed by atoms with Gasteiger partial charge in [0.2, 0.25) is 0 Å². The largest absolute Gasteiger partial charge is 0.340 e. The van der Waals surface area contributed by atoms with Crippen LogP contribution >= 0.6 is 0 Å². The molecule has 0 amide bonds. The monoisotopic (exact) mass is 456 g/mol. The number of benzene rings is 4. The molecule has 4 aromatic carbocycles. The molecule has 0 atom stereocenters. The minimum absolute atomic E-state index is 0.0293. The van der Waals surface area contributed by atoms with E-state index in [1.165, 1.54) is 30.2 Å². The van der Waals surface area contributed by atoms with Gasteiger partial charge >= 0.3 is 0 Å². The molecular weight excluding hydrogens is 428 g/mol. The van der Waals surface area contributed by atoms with Gasteiger partial charge in [0, 0.05) is 39.2 Å². The van der Waals surface area contributed by atoms with Crippen molar-refractivity contribution < 1.29 is 4.79 Å². The Balaban J connectivity index is 1.73. The Morgan fingerprint density at radius 3 is 2.40 bits per heavy atom. The average molecular weight is 457 g/mol.